The number of aliphatic imine (C=N–C) groups is 1. The minimum absolute atomic E-state index is 0.285. The quantitative estimate of drug-likeness (QED) is 0.101. The molecule has 0 radical (unpaired) electrons. The lowest BCUT2D eigenvalue weighted by Crippen LogP contribution is -2.38. The van der Waals surface area contributed by atoms with E-state index in [1.54, 1.807) is 73.4 Å². The van der Waals surface area contributed by atoms with E-state index in [4.69, 9.17) is 0 Å². The smallest absolute Gasteiger partial charge is 0.258 e. The summed E-state index contributed by atoms with van der Waals surface area (Å²) in [5.74, 6) is 0. The van der Waals surface area contributed by atoms with Crippen LogP contribution in [-0.4, -0.2) is 146 Å². The van der Waals surface area contributed by atoms with Crippen LogP contribution < -0.4 is 0 Å². The van der Waals surface area contributed by atoms with Gasteiger partial charge in [0, 0.05) is 205 Å². The van der Waals surface area contributed by atoms with E-state index < -0.39 is 29.3 Å². The number of pyridine rings is 4. The molecule has 0 fully saturated rings. The van der Waals surface area contributed by atoms with E-state index in [0.29, 0.717) is 43.2 Å². The number of hydrogen-bond donors (Lipinski definition) is 3. The summed E-state index contributed by atoms with van der Waals surface area (Å²) < 4.78 is 37.2. The molecule has 0 amide bonds. The molecule has 16 nitrogen and oxygen atoms in total. The van der Waals surface area contributed by atoms with E-state index in [9.17, 15) is 24.1 Å². The zero-order valence-electron chi connectivity index (χ0n) is 62.4. The lowest BCUT2D eigenvalue weighted by atomic mass is 9.95. The van der Waals surface area contributed by atoms with Gasteiger partial charge in [0.25, 0.3) is 6.43 Å². The lowest BCUT2D eigenvalue weighted by Gasteiger charge is -2.34. The van der Waals surface area contributed by atoms with Crippen molar-refractivity contribution in [2.75, 3.05) is 54.4 Å². The fourth-order valence-corrected chi connectivity index (χ4v) is 17.3. The number of likely N-dealkylation sites (N-methyl/N-ethyl adjacent to an activating group) is 4. The van der Waals surface area contributed by atoms with Gasteiger partial charge in [0.05, 0.1) is 43.3 Å². The monoisotopic (exact) mass is 1400 g/mol. The first kappa shape index (κ1) is 72.1. The maximum Gasteiger partial charge on any atom is 0.258 e. The molecule has 0 saturated heterocycles. The van der Waals surface area contributed by atoms with Crippen molar-refractivity contribution in [2.45, 2.75) is 174 Å². The van der Waals surface area contributed by atoms with E-state index in [-0.39, 0.29) is 6.54 Å². The first-order valence-electron chi connectivity index (χ1n) is 37.1. The highest BCUT2D eigenvalue weighted by atomic mass is 19.3. The molecule has 5 atom stereocenters. The Bertz CT molecular complexity index is 5040. The van der Waals surface area contributed by atoms with E-state index >= 15 is 0 Å². The largest absolute Gasteiger partial charge is 0.384 e. The third kappa shape index (κ3) is 14.2. The van der Waals surface area contributed by atoms with E-state index in [2.05, 4.69) is 150 Å². The molecular weight excluding hydrogens is 1300 g/mol. The van der Waals surface area contributed by atoms with Gasteiger partial charge in [0.1, 0.15) is 16.8 Å². The summed E-state index contributed by atoms with van der Waals surface area (Å²) in [6.07, 6.45) is 24.6. The maximum atomic E-state index is 14.0. The molecule has 3 N–H and O–H groups in total. The average Bonchev–Trinajstić information content (AvgIpc) is 1.62. The van der Waals surface area contributed by atoms with Crippen molar-refractivity contribution >= 4 is 55.5 Å². The van der Waals surface area contributed by atoms with Gasteiger partial charge < -0.3 is 43.4 Å². The highest BCUT2D eigenvalue weighted by Gasteiger charge is 2.39. The van der Waals surface area contributed by atoms with Gasteiger partial charge in [0.15, 0.2) is 0 Å². The number of benzene rings is 3. The Labute approximate surface area is 610 Å². The topological polar surface area (TPSA) is 157 Å². The first-order chi connectivity index (χ1) is 50.0. The van der Waals surface area contributed by atoms with Crippen LogP contribution in [0, 0.1) is 20.8 Å². The summed E-state index contributed by atoms with van der Waals surface area (Å²) >= 11 is 0. The van der Waals surface area contributed by atoms with Crippen LogP contribution in [0.2, 0.25) is 0 Å². The summed E-state index contributed by atoms with van der Waals surface area (Å²) in [5, 5.41) is 38.4. The van der Waals surface area contributed by atoms with Crippen molar-refractivity contribution in [1.29, 1.82) is 0 Å². The van der Waals surface area contributed by atoms with Gasteiger partial charge in [-0.1, -0.05) is 60.0 Å². The molecule has 104 heavy (non-hydrogen) atoms. The number of allylic oxidation sites excluding steroid dienone is 3. The minimum Gasteiger partial charge on any atom is -0.384 e. The van der Waals surface area contributed by atoms with Gasteiger partial charge in [-0.25, -0.2) is 8.78 Å². The van der Waals surface area contributed by atoms with Crippen LogP contribution in [0.25, 0.3) is 49.3 Å². The number of hydrogen-bond acceptors (Lipinski definition) is 12. The highest BCUT2D eigenvalue weighted by molar-refractivity contribution is 5.95. The van der Waals surface area contributed by atoms with Gasteiger partial charge in [-0.15, -0.1) is 0 Å². The van der Waals surface area contributed by atoms with Crippen LogP contribution in [0.5, 0.6) is 0 Å². The molecule has 542 valence electrons. The molecule has 0 saturated carbocycles. The van der Waals surface area contributed by atoms with Gasteiger partial charge in [-0.05, 0) is 196 Å². The van der Waals surface area contributed by atoms with Gasteiger partial charge in [0.2, 0.25) is 0 Å². The molecule has 0 spiro atoms. The lowest BCUT2D eigenvalue weighted by molar-refractivity contribution is 0.0275. The summed E-state index contributed by atoms with van der Waals surface area (Å²) in [5.41, 5.74) is 22.3. The number of alkyl halides is 2. The molecule has 6 aliphatic rings. The first-order valence-corrected chi connectivity index (χ1v) is 37.1. The fourth-order valence-electron chi connectivity index (χ4n) is 17.3. The Morgan fingerprint density at radius 2 is 1.03 bits per heavy atom. The number of rotatable bonds is 13. The molecule has 5 unspecified atom stereocenters. The predicted molar refractivity (Wildman–Crippen MR) is 414 cm³/mol. The van der Waals surface area contributed by atoms with Crippen LogP contribution >= 0.6 is 0 Å². The summed E-state index contributed by atoms with van der Waals surface area (Å²) in [6, 6.07) is 32.5. The summed E-state index contributed by atoms with van der Waals surface area (Å²) in [4.78, 5) is 30.1. The Morgan fingerprint density at radius 3 is 1.62 bits per heavy atom. The molecule has 1 aliphatic carbocycles. The Morgan fingerprint density at radius 1 is 0.510 bits per heavy atom. The van der Waals surface area contributed by atoms with Crippen LogP contribution in [-0.2, 0) is 81.8 Å². The van der Waals surface area contributed by atoms with E-state index in [0.717, 1.165) is 104 Å². The van der Waals surface area contributed by atoms with Crippen molar-refractivity contribution in [2.24, 2.45) is 4.99 Å². The number of nitrogens with zero attached hydrogens (tertiary/aromatic N) is 13. The number of fused-ring (bicyclic) bond motifs is 12. The average molecular weight is 1400 g/mol. The highest BCUT2D eigenvalue weighted by Crippen LogP contribution is 2.45. The van der Waals surface area contributed by atoms with Crippen LogP contribution in [0.15, 0.2) is 169 Å². The van der Waals surface area contributed by atoms with Crippen molar-refractivity contribution in [1.82, 2.24) is 57.8 Å². The second-order valence-corrected chi connectivity index (χ2v) is 30.8. The molecule has 18 heteroatoms. The second-order valence-electron chi connectivity index (χ2n) is 30.8. The second kappa shape index (κ2) is 29.6. The van der Waals surface area contributed by atoms with Crippen LogP contribution in [0.1, 0.15) is 138 Å². The molecule has 5 aliphatic heterocycles. The SMILES string of the molecule is CCC1Cc2c(c3cc(C)ccc3n2CC(C)(O)c2cccnc2)CN1C.CN1CCc2c(c3cnccc3n2CC(C)(O)c2ccncc2)C1.Cc1ccc2c(c1)c1c(n2C2=C(C3=CCN=C3)CCC2)CCN(C)C1.Cc1ccc2c(c1)c1c(n2CC(C)(O)c2cccnc2)CCN(C)C1C(F)F. The number of aromatic nitrogens is 8. The molecule has 11 aromatic rings. The molecule has 3 aromatic carbocycles. The maximum absolute atomic E-state index is 14.0. The third-order valence-corrected chi connectivity index (χ3v) is 22.9. The van der Waals surface area contributed by atoms with E-state index in [1.807, 2.05) is 86.3 Å². The molecule has 17 rings (SSSR count). The number of aliphatic hydroxyl groups is 3. The molecule has 8 aromatic heterocycles. The molecular formula is C86H101F2N13O3. The normalized spacial score (nSPS) is 19.5. The Balaban J connectivity index is 0.000000117. The zero-order chi connectivity index (χ0) is 72.9. The van der Waals surface area contributed by atoms with Crippen molar-refractivity contribution in [3.63, 3.8) is 0 Å². The van der Waals surface area contributed by atoms with Gasteiger partial charge in [-0.3, -0.25) is 34.7 Å². The molecule has 13 heterocycles. The Kier molecular flexibility index (Phi) is 20.5. The Hall–Kier alpha value is -8.85. The summed E-state index contributed by atoms with van der Waals surface area (Å²) in [6.45, 7) is 22.0. The van der Waals surface area contributed by atoms with Crippen LogP contribution in [0.3, 0.4) is 0 Å². The standard InChI is InChI=1S/C23H29N3O.C22H25F2N3O.C22H25N3.C19H22N4O/c1-5-18-12-22-20(14-25(18)4)19-11-16(2)8-9-21(19)26(22)15-23(3,27)17-7-6-10-24-13-17;1-14-6-7-17-16(11-14)19-18(8-10-26(3)20(19)21(23)24)27(17)13-22(2,28)15-5-4-9-25-12-15;1-15-6-7-21-18(12-15)19-14-24(2)11-9-22(19)25(21)20-5-3-4-17(20)16-8-10-23-13-16;1-19(24,14-3-7-20-8-4-14)13-23-17-5-9-21-11-15(17)16-12-22(2)10-6-18(16)23/h6-11,13,18,27H,5,12,14-15H2,1-4H3;4-7,9,11-12,20-21,28H,8,10,13H2,1-3H3;6-8,12-13H,3-5,9-11,14H2,1-2H3;3-5,7-9,11,24H,6,10,12-13H2,1-2H3. The van der Waals surface area contributed by atoms with Crippen molar-refractivity contribution in [3.05, 3.63) is 242 Å². The van der Waals surface area contributed by atoms with Gasteiger partial charge >= 0.3 is 0 Å². The fraction of sp³-hybridized carbons (Fsp3) is 0.407. The minimum atomic E-state index is -2.47. The third-order valence-electron chi connectivity index (χ3n) is 22.9. The van der Waals surface area contributed by atoms with E-state index in [1.165, 1.54) is 96.9 Å². The summed E-state index contributed by atoms with van der Waals surface area (Å²) in [7, 11) is 8.37. The zero-order valence-corrected chi connectivity index (χ0v) is 62.4. The van der Waals surface area contributed by atoms with Gasteiger partial charge in [-0.2, -0.15) is 0 Å². The molecule has 0 bridgehead atoms. The number of aryl methyl sites for hydroxylation is 3. The predicted octanol–water partition coefficient (Wildman–Crippen LogP) is 14.7. The number of halogens is 2. The van der Waals surface area contributed by atoms with Crippen molar-refractivity contribution < 1.29 is 24.1 Å². The van der Waals surface area contributed by atoms with Crippen molar-refractivity contribution in [3.8, 4) is 0 Å². The van der Waals surface area contributed by atoms with Crippen LogP contribution in [0.4, 0.5) is 8.78 Å².